The number of morpholine rings is 1. The van der Waals surface area contributed by atoms with E-state index in [0.717, 1.165) is 20.5 Å². The van der Waals surface area contributed by atoms with Crippen molar-refractivity contribution in [1.29, 1.82) is 0 Å². The molecule has 0 unspecified atom stereocenters. The fourth-order valence-corrected chi connectivity index (χ4v) is 3.80. The predicted molar refractivity (Wildman–Crippen MR) is 80.5 cm³/mol. The van der Waals surface area contributed by atoms with Crippen molar-refractivity contribution in [2.24, 2.45) is 0 Å². The Morgan fingerprint density at radius 2 is 2.30 bits per heavy atom. The molecule has 106 valence electrons. The summed E-state index contributed by atoms with van der Waals surface area (Å²) in [5.74, 6) is 0.0852. The summed E-state index contributed by atoms with van der Waals surface area (Å²) >= 11 is 3.15. The third-order valence-corrected chi connectivity index (χ3v) is 5.10. The molecular formula is C14H16N2O2S2. The Bertz CT molecular complexity index is 620. The van der Waals surface area contributed by atoms with E-state index in [2.05, 4.69) is 4.98 Å². The number of thiophene rings is 1. The van der Waals surface area contributed by atoms with Crippen molar-refractivity contribution >= 4 is 28.6 Å². The molecule has 0 bridgehead atoms. The zero-order chi connectivity index (χ0) is 14.1. The molecule has 0 radical (unpaired) electrons. The lowest BCUT2D eigenvalue weighted by atomic mass is 10.1. The number of hydrogen-bond donors (Lipinski definition) is 0. The largest absolute Gasteiger partial charge is 0.377 e. The number of amides is 1. The van der Waals surface area contributed by atoms with E-state index in [0.29, 0.717) is 19.8 Å². The smallest absolute Gasteiger partial charge is 0.264 e. The number of thiazole rings is 1. The molecule has 0 saturated carbocycles. The Morgan fingerprint density at radius 3 is 2.95 bits per heavy atom. The van der Waals surface area contributed by atoms with E-state index in [1.165, 1.54) is 0 Å². The third kappa shape index (κ3) is 2.63. The monoisotopic (exact) mass is 308 g/mol. The molecule has 1 aliphatic rings. The Morgan fingerprint density at radius 1 is 1.45 bits per heavy atom. The Kier molecular flexibility index (Phi) is 3.87. The number of carbonyl (C=O) groups is 1. The molecule has 1 atom stereocenters. The molecular weight excluding hydrogens is 292 g/mol. The van der Waals surface area contributed by atoms with Crippen LogP contribution >= 0.6 is 22.7 Å². The van der Waals surface area contributed by atoms with Crippen molar-refractivity contribution < 1.29 is 9.53 Å². The van der Waals surface area contributed by atoms with Gasteiger partial charge in [0.15, 0.2) is 0 Å². The minimum Gasteiger partial charge on any atom is -0.377 e. The lowest BCUT2D eigenvalue weighted by Crippen LogP contribution is -2.43. The van der Waals surface area contributed by atoms with Crippen molar-refractivity contribution in [3.05, 3.63) is 38.0 Å². The highest BCUT2D eigenvalue weighted by Crippen LogP contribution is 2.28. The molecule has 4 nitrogen and oxygen atoms in total. The van der Waals surface area contributed by atoms with Gasteiger partial charge >= 0.3 is 0 Å². The van der Waals surface area contributed by atoms with Gasteiger partial charge in [0.1, 0.15) is 0 Å². The molecule has 0 spiro atoms. The summed E-state index contributed by atoms with van der Waals surface area (Å²) in [6.45, 7) is 5.74. The summed E-state index contributed by atoms with van der Waals surface area (Å²) in [4.78, 5) is 21.0. The second-order valence-corrected chi connectivity index (χ2v) is 7.14. The molecule has 2 aromatic rings. The van der Waals surface area contributed by atoms with Crippen molar-refractivity contribution in [2.75, 3.05) is 19.8 Å². The number of rotatable bonds is 2. The van der Waals surface area contributed by atoms with Gasteiger partial charge in [-0.15, -0.1) is 22.7 Å². The number of aryl methyl sites for hydroxylation is 2. The first-order valence-corrected chi connectivity index (χ1v) is 8.22. The molecule has 1 saturated heterocycles. The van der Waals surface area contributed by atoms with Crippen LogP contribution in [0.25, 0.3) is 0 Å². The highest BCUT2D eigenvalue weighted by molar-refractivity contribution is 7.13. The van der Waals surface area contributed by atoms with Gasteiger partial charge in [0.05, 0.1) is 34.8 Å². The quantitative estimate of drug-likeness (QED) is 0.856. The normalized spacial score (nSPS) is 19.3. The summed E-state index contributed by atoms with van der Waals surface area (Å²) in [6.07, 6.45) is 0. The van der Waals surface area contributed by atoms with E-state index in [-0.39, 0.29) is 11.9 Å². The summed E-state index contributed by atoms with van der Waals surface area (Å²) in [7, 11) is 0. The number of nitrogens with zero attached hydrogens (tertiary/aromatic N) is 2. The maximum atomic E-state index is 12.7. The number of carbonyl (C=O) groups excluding carboxylic acids is 1. The maximum absolute atomic E-state index is 12.7. The molecule has 2 aromatic heterocycles. The highest BCUT2D eigenvalue weighted by atomic mass is 32.1. The summed E-state index contributed by atoms with van der Waals surface area (Å²) in [5.41, 5.74) is 0.939. The minimum absolute atomic E-state index is 0.0661. The van der Waals surface area contributed by atoms with Gasteiger partial charge in [-0.1, -0.05) is 0 Å². The van der Waals surface area contributed by atoms with Crippen molar-refractivity contribution in [3.63, 3.8) is 0 Å². The molecule has 0 aliphatic carbocycles. The highest BCUT2D eigenvalue weighted by Gasteiger charge is 2.31. The van der Waals surface area contributed by atoms with Crippen LogP contribution in [0, 0.1) is 13.8 Å². The molecule has 0 aromatic carbocycles. The Balaban J connectivity index is 1.87. The topological polar surface area (TPSA) is 42.4 Å². The fraction of sp³-hybridized carbons (Fsp3) is 0.429. The van der Waals surface area contributed by atoms with Crippen molar-refractivity contribution in [3.8, 4) is 0 Å². The van der Waals surface area contributed by atoms with Gasteiger partial charge in [0.2, 0.25) is 0 Å². The van der Waals surface area contributed by atoms with Gasteiger partial charge in [0.25, 0.3) is 5.91 Å². The van der Waals surface area contributed by atoms with Crippen LogP contribution in [0.2, 0.25) is 0 Å². The summed E-state index contributed by atoms with van der Waals surface area (Å²) < 4.78 is 5.54. The van der Waals surface area contributed by atoms with Gasteiger partial charge in [-0.25, -0.2) is 4.98 Å². The van der Waals surface area contributed by atoms with Crippen molar-refractivity contribution in [1.82, 2.24) is 9.88 Å². The van der Waals surface area contributed by atoms with Gasteiger partial charge in [-0.05, 0) is 26.0 Å². The zero-order valence-corrected chi connectivity index (χ0v) is 13.1. The molecule has 1 amide bonds. The van der Waals surface area contributed by atoms with E-state index in [4.69, 9.17) is 4.74 Å². The number of ether oxygens (including phenoxy) is 1. The van der Waals surface area contributed by atoms with Crippen LogP contribution in [0.1, 0.15) is 31.3 Å². The van der Waals surface area contributed by atoms with E-state index < -0.39 is 0 Å². The van der Waals surface area contributed by atoms with Crippen molar-refractivity contribution in [2.45, 2.75) is 19.9 Å². The van der Waals surface area contributed by atoms with Gasteiger partial charge in [0, 0.05) is 16.8 Å². The number of hydrogen-bond acceptors (Lipinski definition) is 5. The summed E-state index contributed by atoms with van der Waals surface area (Å²) in [6, 6.07) is 3.82. The maximum Gasteiger partial charge on any atom is 0.264 e. The Hall–Kier alpha value is -1.24. The molecule has 0 N–H and O–H groups in total. The van der Waals surface area contributed by atoms with Crippen LogP contribution in [0.15, 0.2) is 17.5 Å². The average Bonchev–Trinajstić information content (AvgIpc) is 3.07. The molecule has 3 rings (SSSR count). The van der Waals surface area contributed by atoms with Gasteiger partial charge in [-0.2, -0.15) is 0 Å². The molecule has 3 heterocycles. The minimum atomic E-state index is -0.0661. The molecule has 6 heteroatoms. The number of aromatic nitrogens is 1. The molecule has 20 heavy (non-hydrogen) atoms. The predicted octanol–water partition coefficient (Wildman–Crippen LogP) is 3.04. The zero-order valence-electron chi connectivity index (χ0n) is 11.5. The lowest BCUT2D eigenvalue weighted by molar-refractivity contribution is -0.00349. The van der Waals surface area contributed by atoms with Crippen LogP contribution in [0.5, 0.6) is 0 Å². The Labute approximate surface area is 126 Å². The van der Waals surface area contributed by atoms with Crippen LogP contribution < -0.4 is 0 Å². The van der Waals surface area contributed by atoms with Crippen LogP contribution in [0.4, 0.5) is 0 Å². The van der Waals surface area contributed by atoms with Gasteiger partial charge in [-0.3, -0.25) is 4.79 Å². The average molecular weight is 308 g/mol. The SMILES string of the molecule is Cc1ccc(C(=O)N2CCOC[C@@H]2c2csc(C)n2)s1. The second kappa shape index (κ2) is 5.63. The van der Waals surface area contributed by atoms with Crippen LogP contribution in [0.3, 0.4) is 0 Å². The molecule has 1 fully saturated rings. The van der Waals surface area contributed by atoms with Crippen LogP contribution in [-0.2, 0) is 4.74 Å². The van der Waals surface area contributed by atoms with Gasteiger partial charge < -0.3 is 9.64 Å². The lowest BCUT2D eigenvalue weighted by Gasteiger charge is -2.34. The first kappa shape index (κ1) is 13.7. The van der Waals surface area contributed by atoms with E-state index >= 15 is 0 Å². The first-order chi connectivity index (χ1) is 9.65. The second-order valence-electron chi connectivity index (χ2n) is 4.79. The summed E-state index contributed by atoms with van der Waals surface area (Å²) in [5, 5.41) is 3.04. The fourth-order valence-electron chi connectivity index (χ4n) is 2.32. The molecule has 1 aliphatic heterocycles. The first-order valence-electron chi connectivity index (χ1n) is 6.52. The van der Waals surface area contributed by atoms with Crippen LogP contribution in [-0.4, -0.2) is 35.5 Å². The van der Waals surface area contributed by atoms with E-state index in [1.54, 1.807) is 22.7 Å². The standard InChI is InChI=1S/C14H16N2O2S2/c1-9-3-4-13(20-9)14(17)16-5-6-18-7-12(16)11-8-19-10(2)15-11/h3-4,8,12H,5-7H2,1-2H3/t12-/m1/s1. The van der Waals surface area contributed by atoms with E-state index in [1.807, 2.05) is 36.3 Å². The third-order valence-electron chi connectivity index (χ3n) is 3.32. The van der Waals surface area contributed by atoms with E-state index in [9.17, 15) is 4.79 Å².